The van der Waals surface area contributed by atoms with Crippen molar-refractivity contribution < 1.29 is 13.9 Å². The molecule has 1 amide bonds. The van der Waals surface area contributed by atoms with E-state index in [9.17, 15) is 9.18 Å². The topological polar surface area (TPSA) is 61.5 Å². The number of hydrogen-bond acceptors (Lipinski definition) is 4. The number of carbonyl (C=O) groups is 1. The Kier molecular flexibility index (Phi) is 4.86. The van der Waals surface area contributed by atoms with E-state index in [0.717, 1.165) is 24.2 Å². The van der Waals surface area contributed by atoms with Crippen molar-refractivity contribution in [2.45, 2.75) is 38.9 Å². The summed E-state index contributed by atoms with van der Waals surface area (Å²) in [6, 6.07) is 6.80. The largest absolute Gasteiger partial charge is 0.369 e. The summed E-state index contributed by atoms with van der Waals surface area (Å²) < 4.78 is 19.9. The third kappa shape index (κ3) is 3.43. The highest BCUT2D eigenvalue weighted by Crippen LogP contribution is 2.31. The van der Waals surface area contributed by atoms with E-state index in [1.807, 2.05) is 29.7 Å². The smallest absolute Gasteiger partial charge is 0.274 e. The van der Waals surface area contributed by atoms with Crippen LogP contribution in [0.4, 0.5) is 10.1 Å². The fourth-order valence-corrected chi connectivity index (χ4v) is 4.07. The van der Waals surface area contributed by atoms with Crippen molar-refractivity contribution in [1.82, 2.24) is 15.1 Å². The van der Waals surface area contributed by atoms with E-state index in [4.69, 9.17) is 4.74 Å². The minimum atomic E-state index is -0.221. The van der Waals surface area contributed by atoms with Crippen LogP contribution in [0.1, 0.15) is 48.1 Å². The van der Waals surface area contributed by atoms with Crippen molar-refractivity contribution >= 4 is 11.6 Å². The fourth-order valence-electron chi connectivity index (χ4n) is 4.07. The van der Waals surface area contributed by atoms with Crippen LogP contribution in [0, 0.1) is 5.82 Å². The summed E-state index contributed by atoms with van der Waals surface area (Å²) in [5, 5.41) is 7.30. The molecule has 3 heterocycles. The molecule has 2 aromatic rings. The van der Waals surface area contributed by atoms with Crippen LogP contribution < -0.4 is 4.90 Å². The van der Waals surface area contributed by atoms with Gasteiger partial charge in [-0.1, -0.05) is 12.1 Å². The van der Waals surface area contributed by atoms with Gasteiger partial charge in [0.1, 0.15) is 5.82 Å². The molecule has 6 nitrogen and oxygen atoms in total. The quantitative estimate of drug-likeness (QED) is 0.881. The minimum absolute atomic E-state index is 0.0517. The maximum Gasteiger partial charge on any atom is 0.274 e. The number of anilines is 1. The molecular weight excluding hydrogens is 347 g/mol. The molecule has 0 spiro atoms. The predicted molar refractivity (Wildman–Crippen MR) is 100 cm³/mol. The van der Waals surface area contributed by atoms with Crippen molar-refractivity contribution in [3.8, 4) is 0 Å². The number of rotatable bonds is 2. The van der Waals surface area contributed by atoms with Crippen LogP contribution in [-0.4, -0.2) is 53.3 Å². The monoisotopic (exact) mass is 372 g/mol. The van der Waals surface area contributed by atoms with E-state index in [0.29, 0.717) is 37.4 Å². The Morgan fingerprint density at radius 3 is 2.85 bits per heavy atom. The number of aromatic nitrogens is 2. The number of ether oxygens (including phenoxy) is 1. The van der Waals surface area contributed by atoms with E-state index in [1.54, 1.807) is 12.1 Å². The van der Waals surface area contributed by atoms with Crippen molar-refractivity contribution in [2.75, 3.05) is 31.1 Å². The van der Waals surface area contributed by atoms with Gasteiger partial charge >= 0.3 is 0 Å². The van der Waals surface area contributed by atoms with Crippen LogP contribution in [0.15, 0.2) is 24.3 Å². The Morgan fingerprint density at radius 1 is 1.22 bits per heavy atom. The molecule has 0 saturated carbocycles. The lowest BCUT2D eigenvalue weighted by molar-refractivity contribution is -0.00701. The maximum absolute atomic E-state index is 14.1. The minimum Gasteiger partial charge on any atom is -0.369 e. The standard InChI is InChI=1S/C20H25FN4O2/c1-13-12-15-18(14(2)27-13)22-23-19(15)20(26)25-9-5-8-24(10-11-25)17-7-4-3-6-16(17)21/h3-4,6-7,13-14H,5,8-12H2,1-2H3,(H,22,23)/t13-,14+/m1/s1. The molecule has 27 heavy (non-hydrogen) atoms. The van der Waals surface area contributed by atoms with Crippen LogP contribution >= 0.6 is 0 Å². The number of para-hydroxylation sites is 1. The second-order valence-electron chi connectivity index (χ2n) is 7.34. The van der Waals surface area contributed by atoms with Gasteiger partial charge in [0.25, 0.3) is 5.91 Å². The maximum atomic E-state index is 14.1. The van der Waals surface area contributed by atoms with Gasteiger partial charge in [-0.25, -0.2) is 4.39 Å². The number of nitrogens with one attached hydrogen (secondary N) is 1. The van der Waals surface area contributed by atoms with Crippen molar-refractivity contribution in [1.29, 1.82) is 0 Å². The van der Waals surface area contributed by atoms with E-state index < -0.39 is 0 Å². The van der Waals surface area contributed by atoms with Crippen molar-refractivity contribution in [3.05, 3.63) is 47.0 Å². The normalized spacial score (nSPS) is 23.1. The summed E-state index contributed by atoms with van der Waals surface area (Å²) in [5.74, 6) is -0.272. The van der Waals surface area contributed by atoms with Gasteiger partial charge in [-0.2, -0.15) is 5.10 Å². The molecule has 1 aromatic carbocycles. The molecular formula is C20H25FN4O2. The first kappa shape index (κ1) is 18.0. The van der Waals surface area contributed by atoms with Crippen LogP contribution in [0.2, 0.25) is 0 Å². The van der Waals surface area contributed by atoms with Gasteiger partial charge in [-0.3, -0.25) is 9.89 Å². The van der Waals surface area contributed by atoms with Gasteiger partial charge in [0.05, 0.1) is 23.6 Å². The number of aromatic amines is 1. The van der Waals surface area contributed by atoms with Gasteiger partial charge in [0.15, 0.2) is 5.69 Å². The van der Waals surface area contributed by atoms with Gasteiger partial charge in [0.2, 0.25) is 0 Å². The van der Waals surface area contributed by atoms with Crippen LogP contribution in [0.3, 0.4) is 0 Å². The molecule has 1 saturated heterocycles. The first-order valence-corrected chi connectivity index (χ1v) is 9.56. The molecule has 2 aliphatic heterocycles. The highest BCUT2D eigenvalue weighted by molar-refractivity contribution is 5.94. The highest BCUT2D eigenvalue weighted by Gasteiger charge is 2.32. The molecule has 4 rings (SSSR count). The van der Waals surface area contributed by atoms with Crippen LogP contribution in [0.25, 0.3) is 0 Å². The third-order valence-electron chi connectivity index (χ3n) is 5.41. The zero-order valence-corrected chi connectivity index (χ0v) is 15.7. The number of halogens is 1. The fraction of sp³-hybridized carbons (Fsp3) is 0.500. The Bertz CT molecular complexity index is 837. The number of nitrogens with zero attached hydrogens (tertiary/aromatic N) is 3. The second kappa shape index (κ2) is 7.31. The van der Waals surface area contributed by atoms with Crippen molar-refractivity contribution in [2.24, 2.45) is 0 Å². The summed E-state index contributed by atoms with van der Waals surface area (Å²) in [5.41, 5.74) is 2.98. The second-order valence-corrected chi connectivity index (χ2v) is 7.34. The van der Waals surface area contributed by atoms with E-state index in [-0.39, 0.29) is 23.9 Å². The summed E-state index contributed by atoms with van der Waals surface area (Å²) in [6.07, 6.45) is 1.46. The zero-order chi connectivity index (χ0) is 19.0. The van der Waals surface area contributed by atoms with Gasteiger partial charge in [-0.05, 0) is 32.4 Å². The zero-order valence-electron chi connectivity index (χ0n) is 15.7. The van der Waals surface area contributed by atoms with Crippen LogP contribution in [-0.2, 0) is 11.2 Å². The molecule has 2 aliphatic rings. The number of benzene rings is 1. The number of H-pyrrole nitrogens is 1. The summed E-state index contributed by atoms with van der Waals surface area (Å²) >= 11 is 0. The van der Waals surface area contributed by atoms with E-state index in [2.05, 4.69) is 10.2 Å². The average molecular weight is 372 g/mol. The Labute approximate surface area is 158 Å². The van der Waals surface area contributed by atoms with Gasteiger partial charge < -0.3 is 14.5 Å². The summed E-state index contributed by atoms with van der Waals surface area (Å²) in [6.45, 7) is 6.52. The number of carbonyl (C=O) groups excluding carboxylic acids is 1. The summed E-state index contributed by atoms with van der Waals surface area (Å²) in [4.78, 5) is 17.0. The average Bonchev–Trinajstić information content (AvgIpc) is 2.91. The number of hydrogen-bond donors (Lipinski definition) is 1. The molecule has 1 aromatic heterocycles. The van der Waals surface area contributed by atoms with E-state index in [1.165, 1.54) is 6.07 Å². The lowest BCUT2D eigenvalue weighted by Gasteiger charge is -2.26. The molecule has 0 bridgehead atoms. The molecule has 1 N–H and O–H groups in total. The highest BCUT2D eigenvalue weighted by atomic mass is 19.1. The molecule has 0 radical (unpaired) electrons. The molecule has 0 aliphatic carbocycles. The Hall–Kier alpha value is -2.41. The summed E-state index contributed by atoms with van der Waals surface area (Å²) in [7, 11) is 0. The number of amides is 1. The molecule has 1 fully saturated rings. The third-order valence-corrected chi connectivity index (χ3v) is 5.41. The van der Waals surface area contributed by atoms with Gasteiger partial charge in [-0.15, -0.1) is 0 Å². The molecule has 0 unspecified atom stereocenters. The SMILES string of the molecule is C[C@@H]1Cc2c(C(=O)N3CCCN(c4ccccc4F)CC3)n[nH]c2[C@H](C)O1. The van der Waals surface area contributed by atoms with Gasteiger partial charge in [0, 0.05) is 38.2 Å². The lowest BCUT2D eigenvalue weighted by Crippen LogP contribution is -2.36. The first-order chi connectivity index (χ1) is 13.0. The predicted octanol–water partition coefficient (Wildman–Crippen LogP) is 2.92. The first-order valence-electron chi connectivity index (χ1n) is 9.56. The Balaban J connectivity index is 1.50. The molecule has 144 valence electrons. The Morgan fingerprint density at radius 2 is 2.04 bits per heavy atom. The number of fused-ring (bicyclic) bond motifs is 1. The van der Waals surface area contributed by atoms with E-state index >= 15 is 0 Å². The molecule has 2 atom stereocenters. The molecule has 7 heteroatoms. The lowest BCUT2D eigenvalue weighted by atomic mass is 9.99. The van der Waals surface area contributed by atoms with Crippen molar-refractivity contribution in [3.63, 3.8) is 0 Å². The van der Waals surface area contributed by atoms with Crippen LogP contribution in [0.5, 0.6) is 0 Å².